The predicted molar refractivity (Wildman–Crippen MR) is 68.6 cm³/mol. The fourth-order valence-corrected chi connectivity index (χ4v) is 2.32. The quantitative estimate of drug-likeness (QED) is 0.919. The summed E-state index contributed by atoms with van der Waals surface area (Å²) >= 11 is 3.36. The first-order valence-corrected chi connectivity index (χ1v) is 6.55. The molecule has 16 heavy (non-hydrogen) atoms. The molecule has 1 saturated heterocycles. The van der Waals surface area contributed by atoms with Gasteiger partial charge in [0.15, 0.2) is 0 Å². The highest BCUT2D eigenvalue weighted by Gasteiger charge is 2.21. The number of rotatable bonds is 3. The Labute approximate surface area is 105 Å². The van der Waals surface area contributed by atoms with E-state index in [4.69, 9.17) is 0 Å². The summed E-state index contributed by atoms with van der Waals surface area (Å²) in [4.78, 5) is 11.0. The Kier molecular flexibility index (Phi) is 4.12. The maximum atomic E-state index is 4.36. The van der Waals surface area contributed by atoms with Crippen LogP contribution in [0.5, 0.6) is 0 Å². The zero-order valence-electron chi connectivity index (χ0n) is 9.49. The molecule has 0 spiro atoms. The van der Waals surface area contributed by atoms with E-state index in [0.717, 1.165) is 30.1 Å². The topological polar surface area (TPSA) is 41.1 Å². The molecule has 0 aromatic carbocycles. The van der Waals surface area contributed by atoms with Crippen LogP contribution in [-0.4, -0.2) is 35.6 Å². The van der Waals surface area contributed by atoms with Crippen LogP contribution in [-0.2, 0) is 0 Å². The van der Waals surface area contributed by atoms with Crippen LogP contribution in [0.4, 0.5) is 5.95 Å². The molecule has 2 rings (SSSR count). The van der Waals surface area contributed by atoms with Gasteiger partial charge in [0.1, 0.15) is 0 Å². The first kappa shape index (κ1) is 11.8. The fraction of sp³-hybridized carbons (Fsp3) is 0.636. The van der Waals surface area contributed by atoms with Gasteiger partial charge in [0.25, 0.3) is 0 Å². The van der Waals surface area contributed by atoms with Crippen LogP contribution < -0.4 is 10.2 Å². The van der Waals surface area contributed by atoms with Gasteiger partial charge in [0.2, 0.25) is 5.95 Å². The van der Waals surface area contributed by atoms with Crippen molar-refractivity contribution in [3.63, 3.8) is 0 Å². The van der Waals surface area contributed by atoms with E-state index in [2.05, 4.69) is 43.0 Å². The van der Waals surface area contributed by atoms with Crippen molar-refractivity contribution in [2.24, 2.45) is 0 Å². The molecule has 1 aromatic heterocycles. The van der Waals surface area contributed by atoms with Crippen molar-refractivity contribution in [2.75, 3.05) is 24.5 Å². The number of hydrogen-bond donors (Lipinski definition) is 1. The highest BCUT2D eigenvalue weighted by Crippen LogP contribution is 2.17. The Morgan fingerprint density at radius 3 is 2.81 bits per heavy atom. The summed E-state index contributed by atoms with van der Waals surface area (Å²) < 4.78 is 0.925. The molecule has 5 heteroatoms. The summed E-state index contributed by atoms with van der Waals surface area (Å²) in [6.45, 7) is 5.27. The number of likely N-dealkylation sites (N-methyl/N-ethyl adjacent to an activating group) is 1. The predicted octanol–water partition coefficient (Wildman–Crippen LogP) is 1.82. The van der Waals surface area contributed by atoms with E-state index in [-0.39, 0.29) is 0 Å². The van der Waals surface area contributed by atoms with Crippen molar-refractivity contribution in [1.29, 1.82) is 0 Å². The number of piperidine rings is 1. The first-order valence-electron chi connectivity index (χ1n) is 5.76. The van der Waals surface area contributed by atoms with E-state index in [1.165, 1.54) is 12.8 Å². The highest BCUT2D eigenvalue weighted by atomic mass is 79.9. The molecule has 0 radical (unpaired) electrons. The molecule has 1 aliphatic rings. The van der Waals surface area contributed by atoms with Gasteiger partial charge >= 0.3 is 0 Å². The largest absolute Gasteiger partial charge is 0.337 e. The molecule has 2 heterocycles. The zero-order valence-corrected chi connectivity index (χ0v) is 11.1. The van der Waals surface area contributed by atoms with Crippen LogP contribution >= 0.6 is 15.9 Å². The molecule has 0 bridgehead atoms. The number of aromatic nitrogens is 2. The van der Waals surface area contributed by atoms with Crippen LogP contribution in [0.2, 0.25) is 0 Å². The third-order valence-corrected chi connectivity index (χ3v) is 3.33. The van der Waals surface area contributed by atoms with Crippen molar-refractivity contribution in [3.05, 3.63) is 16.9 Å². The second-order valence-electron chi connectivity index (χ2n) is 3.99. The van der Waals surface area contributed by atoms with Crippen molar-refractivity contribution < 1.29 is 0 Å². The smallest absolute Gasteiger partial charge is 0.225 e. The minimum Gasteiger partial charge on any atom is -0.337 e. The third kappa shape index (κ3) is 2.71. The molecule has 0 amide bonds. The summed E-state index contributed by atoms with van der Waals surface area (Å²) in [5, 5.41) is 3.42. The maximum absolute atomic E-state index is 4.36. The van der Waals surface area contributed by atoms with E-state index in [0.29, 0.717) is 6.04 Å². The molecule has 1 N–H and O–H groups in total. The number of anilines is 1. The van der Waals surface area contributed by atoms with Gasteiger partial charge in [-0.15, -0.1) is 0 Å². The average Bonchev–Trinajstić information content (AvgIpc) is 2.34. The van der Waals surface area contributed by atoms with Crippen LogP contribution in [0, 0.1) is 0 Å². The molecule has 88 valence electrons. The molecular weight excluding hydrogens is 268 g/mol. The number of halogens is 1. The van der Waals surface area contributed by atoms with Crippen molar-refractivity contribution >= 4 is 21.9 Å². The molecule has 1 fully saturated rings. The monoisotopic (exact) mass is 284 g/mol. The van der Waals surface area contributed by atoms with E-state index in [1.807, 2.05) is 0 Å². The Bertz CT molecular complexity index is 321. The molecule has 0 aliphatic carbocycles. The molecule has 1 atom stereocenters. The lowest BCUT2D eigenvalue weighted by Gasteiger charge is -2.33. The van der Waals surface area contributed by atoms with Gasteiger partial charge in [-0.2, -0.15) is 0 Å². The minimum atomic E-state index is 0.528. The molecule has 1 aliphatic heterocycles. The van der Waals surface area contributed by atoms with Crippen LogP contribution in [0.1, 0.15) is 19.8 Å². The summed E-state index contributed by atoms with van der Waals surface area (Å²) in [7, 11) is 0. The second-order valence-corrected chi connectivity index (χ2v) is 4.90. The van der Waals surface area contributed by atoms with Gasteiger partial charge in [0.05, 0.1) is 4.47 Å². The second kappa shape index (κ2) is 5.59. The van der Waals surface area contributed by atoms with Crippen LogP contribution in [0.3, 0.4) is 0 Å². The van der Waals surface area contributed by atoms with Gasteiger partial charge in [-0.1, -0.05) is 0 Å². The molecule has 0 saturated carbocycles. The summed E-state index contributed by atoms with van der Waals surface area (Å²) in [5.41, 5.74) is 0. The Morgan fingerprint density at radius 1 is 1.50 bits per heavy atom. The number of nitrogens with zero attached hydrogens (tertiary/aromatic N) is 3. The number of hydrogen-bond acceptors (Lipinski definition) is 4. The lowest BCUT2D eigenvalue weighted by Crippen LogP contribution is -2.46. The van der Waals surface area contributed by atoms with E-state index >= 15 is 0 Å². The average molecular weight is 285 g/mol. The lowest BCUT2D eigenvalue weighted by molar-refractivity contribution is 0.431. The Morgan fingerprint density at radius 2 is 2.25 bits per heavy atom. The Balaban J connectivity index is 2.11. The SMILES string of the molecule is CCN(c1ncc(Br)cn1)C1CCCNC1. The number of nitrogens with one attached hydrogen (secondary N) is 1. The third-order valence-electron chi connectivity index (χ3n) is 2.92. The zero-order chi connectivity index (χ0) is 11.4. The normalized spacial score (nSPS) is 20.8. The van der Waals surface area contributed by atoms with Gasteiger partial charge in [-0.05, 0) is 42.2 Å². The van der Waals surface area contributed by atoms with Crippen molar-refractivity contribution in [2.45, 2.75) is 25.8 Å². The summed E-state index contributed by atoms with van der Waals surface area (Å²) in [6.07, 6.45) is 6.07. The lowest BCUT2D eigenvalue weighted by atomic mass is 10.1. The van der Waals surface area contributed by atoms with Crippen molar-refractivity contribution in [1.82, 2.24) is 15.3 Å². The molecule has 4 nitrogen and oxygen atoms in total. The van der Waals surface area contributed by atoms with E-state index in [1.54, 1.807) is 12.4 Å². The summed E-state index contributed by atoms with van der Waals surface area (Å²) in [5.74, 6) is 0.833. The van der Waals surface area contributed by atoms with Gasteiger partial charge < -0.3 is 10.2 Å². The highest BCUT2D eigenvalue weighted by molar-refractivity contribution is 9.10. The standard InChI is InChI=1S/C11H17BrN4/c1-2-16(10-4-3-5-13-8-10)11-14-6-9(12)7-15-11/h6-7,10,13H,2-5,8H2,1H3. The first-order chi connectivity index (χ1) is 7.81. The van der Waals surface area contributed by atoms with E-state index in [9.17, 15) is 0 Å². The van der Waals surface area contributed by atoms with Gasteiger partial charge in [0, 0.05) is 31.5 Å². The molecule has 1 unspecified atom stereocenters. The van der Waals surface area contributed by atoms with Crippen molar-refractivity contribution in [3.8, 4) is 0 Å². The Hall–Kier alpha value is -0.680. The van der Waals surface area contributed by atoms with Gasteiger partial charge in [-0.3, -0.25) is 0 Å². The van der Waals surface area contributed by atoms with Gasteiger partial charge in [-0.25, -0.2) is 9.97 Å². The maximum Gasteiger partial charge on any atom is 0.225 e. The van der Waals surface area contributed by atoms with Crippen LogP contribution in [0.25, 0.3) is 0 Å². The van der Waals surface area contributed by atoms with Crippen LogP contribution in [0.15, 0.2) is 16.9 Å². The molecular formula is C11H17BrN4. The fourth-order valence-electron chi connectivity index (χ4n) is 2.12. The van der Waals surface area contributed by atoms with E-state index < -0.39 is 0 Å². The molecule has 1 aromatic rings. The minimum absolute atomic E-state index is 0.528. The summed E-state index contributed by atoms with van der Waals surface area (Å²) in [6, 6.07) is 0.528.